The minimum atomic E-state index is -0.0946. The molecule has 4 heteroatoms. The molecule has 0 aromatic heterocycles. The molecular weight excluding hydrogens is 306 g/mol. The third-order valence-electron chi connectivity index (χ3n) is 3.50. The second kappa shape index (κ2) is 6.25. The van der Waals surface area contributed by atoms with Gasteiger partial charge in [-0.2, -0.15) is 0 Å². The number of rotatable bonds is 4. The summed E-state index contributed by atoms with van der Waals surface area (Å²) in [5.74, 6) is 0.964. The lowest BCUT2D eigenvalue weighted by atomic mass is 9.93. The van der Waals surface area contributed by atoms with E-state index in [1.807, 2.05) is 6.07 Å². The van der Waals surface area contributed by atoms with E-state index in [0.29, 0.717) is 6.04 Å². The highest BCUT2D eigenvalue weighted by atomic mass is 79.9. The van der Waals surface area contributed by atoms with E-state index >= 15 is 0 Å². The maximum Gasteiger partial charge on any atom is 0.125 e. The Morgan fingerprint density at radius 3 is 3.00 bits per heavy atom. The molecule has 19 heavy (non-hydrogen) atoms. The van der Waals surface area contributed by atoms with E-state index in [2.05, 4.69) is 47.2 Å². The number of benzene rings is 1. The lowest BCUT2D eigenvalue weighted by molar-refractivity contribution is 0.152. The van der Waals surface area contributed by atoms with Crippen LogP contribution in [0.4, 0.5) is 0 Å². The van der Waals surface area contributed by atoms with Gasteiger partial charge in [-0.15, -0.1) is 0 Å². The number of hydrogen-bond acceptors (Lipinski definition) is 3. The molecule has 2 N–H and O–H groups in total. The van der Waals surface area contributed by atoms with E-state index in [1.54, 1.807) is 0 Å². The van der Waals surface area contributed by atoms with Crippen molar-refractivity contribution in [2.75, 3.05) is 19.8 Å². The molecule has 0 spiro atoms. The minimum Gasteiger partial charge on any atom is -0.493 e. The molecule has 0 radical (unpaired) electrons. The monoisotopic (exact) mass is 327 g/mol. The van der Waals surface area contributed by atoms with Crippen molar-refractivity contribution in [3.8, 4) is 5.75 Å². The van der Waals surface area contributed by atoms with Crippen molar-refractivity contribution in [1.82, 2.24) is 5.32 Å². The van der Waals surface area contributed by atoms with Gasteiger partial charge in [0.1, 0.15) is 5.75 Å². The van der Waals surface area contributed by atoms with E-state index in [1.165, 1.54) is 5.56 Å². The van der Waals surface area contributed by atoms with Crippen LogP contribution in [-0.2, 0) is 0 Å². The summed E-state index contributed by atoms with van der Waals surface area (Å²) >= 11 is 3.48. The van der Waals surface area contributed by atoms with Crippen LogP contribution in [0.1, 0.15) is 38.3 Å². The summed E-state index contributed by atoms with van der Waals surface area (Å²) in [5.41, 5.74) is 1.12. The number of halogens is 1. The average Bonchev–Trinajstić information content (AvgIpc) is 2.58. The Labute approximate surface area is 123 Å². The Kier molecular flexibility index (Phi) is 4.87. The van der Waals surface area contributed by atoms with E-state index in [4.69, 9.17) is 4.74 Å². The topological polar surface area (TPSA) is 41.5 Å². The Morgan fingerprint density at radius 2 is 2.26 bits per heavy atom. The van der Waals surface area contributed by atoms with Crippen molar-refractivity contribution in [1.29, 1.82) is 0 Å². The highest BCUT2D eigenvalue weighted by Crippen LogP contribution is 2.34. The third kappa shape index (κ3) is 3.94. The van der Waals surface area contributed by atoms with Crippen LogP contribution in [-0.4, -0.2) is 24.9 Å². The second-order valence-electron chi connectivity index (χ2n) is 5.93. The second-order valence-corrected chi connectivity index (χ2v) is 6.84. The molecule has 106 valence electrons. The molecule has 0 aliphatic carbocycles. The Hall–Kier alpha value is -0.580. The molecule has 1 atom stereocenters. The first kappa shape index (κ1) is 14.8. The fraction of sp³-hybridized carbons (Fsp3) is 0.600. The first-order chi connectivity index (χ1) is 9.02. The number of aliphatic hydroxyl groups excluding tert-OH is 1. The Bertz CT molecular complexity index is 434. The van der Waals surface area contributed by atoms with Crippen LogP contribution in [0.25, 0.3) is 0 Å². The van der Waals surface area contributed by atoms with Crippen molar-refractivity contribution < 1.29 is 9.84 Å². The largest absolute Gasteiger partial charge is 0.493 e. The summed E-state index contributed by atoms with van der Waals surface area (Å²) in [4.78, 5) is 0. The molecule has 0 saturated heterocycles. The summed E-state index contributed by atoms with van der Waals surface area (Å²) in [6, 6.07) is 6.51. The molecule has 3 nitrogen and oxygen atoms in total. The van der Waals surface area contributed by atoms with Crippen molar-refractivity contribution in [2.24, 2.45) is 5.41 Å². The summed E-state index contributed by atoms with van der Waals surface area (Å²) in [7, 11) is 0. The Morgan fingerprint density at radius 1 is 1.47 bits per heavy atom. The standard InChI is InChI=1S/C15H22BrNO2/c1-15(2,10-18)9-17-13-4-3-7-19-14-8-11(16)5-6-12(13)14/h5-6,8,13,17-18H,3-4,7,9-10H2,1-2H3. The molecule has 1 aliphatic rings. The summed E-state index contributed by atoms with van der Waals surface area (Å²) in [6.45, 7) is 5.89. The van der Waals surface area contributed by atoms with Crippen LogP contribution in [0.3, 0.4) is 0 Å². The van der Waals surface area contributed by atoms with Gasteiger partial charge in [0.05, 0.1) is 6.61 Å². The van der Waals surface area contributed by atoms with Gasteiger partial charge in [0.25, 0.3) is 0 Å². The van der Waals surface area contributed by atoms with Crippen molar-refractivity contribution in [2.45, 2.75) is 32.7 Å². The first-order valence-electron chi connectivity index (χ1n) is 6.78. The van der Waals surface area contributed by atoms with Gasteiger partial charge in [-0.3, -0.25) is 0 Å². The number of aliphatic hydroxyl groups is 1. The zero-order chi connectivity index (χ0) is 13.9. The highest BCUT2D eigenvalue weighted by Gasteiger charge is 2.23. The average molecular weight is 328 g/mol. The molecule has 0 amide bonds. The fourth-order valence-corrected chi connectivity index (χ4v) is 2.55. The van der Waals surface area contributed by atoms with Crippen molar-refractivity contribution in [3.63, 3.8) is 0 Å². The third-order valence-corrected chi connectivity index (χ3v) is 3.99. The number of hydrogen-bond donors (Lipinski definition) is 2. The van der Waals surface area contributed by atoms with E-state index in [9.17, 15) is 5.11 Å². The van der Waals surface area contributed by atoms with Gasteiger partial charge >= 0.3 is 0 Å². The molecule has 0 saturated carbocycles. The summed E-state index contributed by atoms with van der Waals surface area (Å²) in [5, 5.41) is 12.9. The van der Waals surface area contributed by atoms with Crippen LogP contribution >= 0.6 is 15.9 Å². The fourth-order valence-electron chi connectivity index (χ4n) is 2.21. The van der Waals surface area contributed by atoms with Gasteiger partial charge < -0.3 is 15.2 Å². The molecule has 1 aromatic carbocycles. The van der Waals surface area contributed by atoms with Crippen LogP contribution in [0.5, 0.6) is 5.75 Å². The molecule has 1 aliphatic heterocycles. The SMILES string of the molecule is CC(C)(CO)CNC1CCCOc2cc(Br)ccc21. The molecule has 2 rings (SSSR count). The summed E-state index contributed by atoms with van der Waals surface area (Å²) in [6.07, 6.45) is 2.11. The van der Waals surface area contributed by atoms with Crippen LogP contribution in [0, 0.1) is 5.41 Å². The van der Waals surface area contributed by atoms with Gasteiger partial charge in [0, 0.05) is 34.6 Å². The Balaban J connectivity index is 2.13. The smallest absolute Gasteiger partial charge is 0.125 e. The zero-order valence-corrected chi connectivity index (χ0v) is 13.2. The quantitative estimate of drug-likeness (QED) is 0.891. The lowest BCUT2D eigenvalue weighted by Gasteiger charge is -2.26. The van der Waals surface area contributed by atoms with E-state index < -0.39 is 0 Å². The molecule has 1 unspecified atom stereocenters. The molecular formula is C15H22BrNO2. The van der Waals surface area contributed by atoms with Crippen LogP contribution < -0.4 is 10.1 Å². The summed E-state index contributed by atoms with van der Waals surface area (Å²) < 4.78 is 6.84. The van der Waals surface area contributed by atoms with Gasteiger partial charge in [0.2, 0.25) is 0 Å². The highest BCUT2D eigenvalue weighted by molar-refractivity contribution is 9.10. The van der Waals surface area contributed by atoms with Gasteiger partial charge in [-0.1, -0.05) is 35.8 Å². The number of nitrogens with one attached hydrogen (secondary N) is 1. The van der Waals surface area contributed by atoms with Gasteiger partial charge in [-0.25, -0.2) is 0 Å². The lowest BCUT2D eigenvalue weighted by Crippen LogP contribution is -2.34. The van der Waals surface area contributed by atoms with E-state index in [-0.39, 0.29) is 12.0 Å². The van der Waals surface area contributed by atoms with Crippen LogP contribution in [0.2, 0.25) is 0 Å². The van der Waals surface area contributed by atoms with Crippen molar-refractivity contribution in [3.05, 3.63) is 28.2 Å². The molecule has 0 fully saturated rings. The maximum absolute atomic E-state index is 9.34. The van der Waals surface area contributed by atoms with Gasteiger partial charge in [-0.05, 0) is 25.0 Å². The van der Waals surface area contributed by atoms with Crippen LogP contribution in [0.15, 0.2) is 22.7 Å². The predicted octanol–water partition coefficient (Wildman–Crippen LogP) is 3.27. The zero-order valence-electron chi connectivity index (χ0n) is 11.6. The maximum atomic E-state index is 9.34. The number of fused-ring (bicyclic) bond motifs is 1. The predicted molar refractivity (Wildman–Crippen MR) is 80.5 cm³/mol. The van der Waals surface area contributed by atoms with E-state index in [0.717, 1.165) is 36.2 Å². The van der Waals surface area contributed by atoms with Gasteiger partial charge in [0.15, 0.2) is 0 Å². The first-order valence-corrected chi connectivity index (χ1v) is 7.58. The molecule has 1 heterocycles. The molecule has 0 bridgehead atoms. The number of ether oxygens (including phenoxy) is 1. The normalized spacial score (nSPS) is 19.5. The molecule has 1 aromatic rings. The van der Waals surface area contributed by atoms with Crippen molar-refractivity contribution >= 4 is 15.9 Å². The minimum absolute atomic E-state index is 0.0946.